The van der Waals surface area contributed by atoms with Gasteiger partial charge in [0.05, 0.1) is 25.7 Å². The van der Waals surface area contributed by atoms with E-state index in [1.54, 1.807) is 31.2 Å². The van der Waals surface area contributed by atoms with E-state index in [0.717, 1.165) is 5.56 Å². The van der Waals surface area contributed by atoms with E-state index < -0.39 is 43.0 Å². The molecule has 1 aromatic carbocycles. The standard InChI is InChI=1S/C23H22F3N5O4/c1-2-28-15-27-20-19(28)21(33)31(22(34)30(20)11-16-7-4-3-5-8-16)13-18(32)29(14-23(24,25)26)12-17-9-6-10-35-17/h3-10,15H,2,11-14H2,1H3. The van der Waals surface area contributed by atoms with Gasteiger partial charge in [-0.25, -0.2) is 14.3 Å². The number of furan rings is 1. The van der Waals surface area contributed by atoms with E-state index in [0.29, 0.717) is 16.0 Å². The Morgan fingerprint density at radius 2 is 1.83 bits per heavy atom. The molecule has 0 N–H and O–H groups in total. The number of amides is 1. The highest BCUT2D eigenvalue weighted by Gasteiger charge is 2.34. The molecule has 1 amide bonds. The number of rotatable bonds is 8. The molecule has 0 unspecified atom stereocenters. The summed E-state index contributed by atoms with van der Waals surface area (Å²) in [6, 6.07) is 11.9. The number of fused-ring (bicyclic) bond motifs is 1. The minimum absolute atomic E-state index is 0.0596. The Hall–Kier alpha value is -4.09. The Labute approximate surface area is 196 Å². The lowest BCUT2D eigenvalue weighted by Crippen LogP contribution is -2.47. The van der Waals surface area contributed by atoms with Crippen molar-refractivity contribution in [3.8, 4) is 0 Å². The Kier molecular flexibility index (Phi) is 6.63. The van der Waals surface area contributed by atoms with E-state index in [1.165, 1.54) is 33.9 Å². The number of aryl methyl sites for hydroxylation is 1. The van der Waals surface area contributed by atoms with Crippen LogP contribution in [0.25, 0.3) is 11.2 Å². The van der Waals surface area contributed by atoms with Crippen LogP contribution < -0.4 is 11.2 Å². The largest absolute Gasteiger partial charge is 0.467 e. The minimum Gasteiger partial charge on any atom is -0.467 e. The number of nitrogens with zero attached hydrogens (tertiary/aromatic N) is 5. The van der Waals surface area contributed by atoms with Gasteiger partial charge in [-0.3, -0.25) is 14.2 Å². The predicted octanol–water partition coefficient (Wildman–Crippen LogP) is 2.61. The average Bonchev–Trinajstić information content (AvgIpc) is 3.48. The molecule has 4 aromatic rings. The van der Waals surface area contributed by atoms with Crippen molar-refractivity contribution in [1.82, 2.24) is 23.6 Å². The maximum atomic E-state index is 13.3. The molecule has 0 fully saturated rings. The fourth-order valence-electron chi connectivity index (χ4n) is 3.80. The van der Waals surface area contributed by atoms with Crippen molar-refractivity contribution >= 4 is 17.1 Å². The summed E-state index contributed by atoms with van der Waals surface area (Å²) in [6.07, 6.45) is -2.00. The van der Waals surface area contributed by atoms with Gasteiger partial charge in [-0.1, -0.05) is 30.3 Å². The van der Waals surface area contributed by atoms with Crippen molar-refractivity contribution < 1.29 is 22.4 Å². The van der Waals surface area contributed by atoms with Gasteiger partial charge in [0.2, 0.25) is 5.91 Å². The molecule has 0 aliphatic carbocycles. The molecule has 0 saturated carbocycles. The summed E-state index contributed by atoms with van der Waals surface area (Å²) >= 11 is 0. The molecule has 0 saturated heterocycles. The Morgan fingerprint density at radius 3 is 2.46 bits per heavy atom. The zero-order valence-electron chi connectivity index (χ0n) is 18.7. The molecule has 0 aliphatic heterocycles. The van der Waals surface area contributed by atoms with E-state index in [-0.39, 0.29) is 23.5 Å². The Bertz CT molecular complexity index is 1440. The van der Waals surface area contributed by atoms with Gasteiger partial charge in [0.15, 0.2) is 11.2 Å². The molecule has 0 radical (unpaired) electrons. The normalized spacial score (nSPS) is 11.8. The molecule has 0 spiro atoms. The molecule has 0 aliphatic rings. The second-order valence-corrected chi connectivity index (χ2v) is 7.89. The highest BCUT2D eigenvalue weighted by Crippen LogP contribution is 2.19. The van der Waals surface area contributed by atoms with E-state index in [4.69, 9.17) is 4.42 Å². The second kappa shape index (κ2) is 9.65. The van der Waals surface area contributed by atoms with Crippen LogP contribution >= 0.6 is 0 Å². The van der Waals surface area contributed by atoms with Gasteiger partial charge in [-0.15, -0.1) is 0 Å². The van der Waals surface area contributed by atoms with Gasteiger partial charge >= 0.3 is 11.9 Å². The number of halogens is 3. The smallest absolute Gasteiger partial charge is 0.406 e. The maximum absolute atomic E-state index is 13.3. The van der Waals surface area contributed by atoms with Crippen LogP contribution in [0.4, 0.5) is 13.2 Å². The third-order valence-corrected chi connectivity index (χ3v) is 5.45. The summed E-state index contributed by atoms with van der Waals surface area (Å²) in [4.78, 5) is 44.3. The number of alkyl halides is 3. The molecule has 4 rings (SSSR count). The van der Waals surface area contributed by atoms with Crippen molar-refractivity contribution in [2.24, 2.45) is 0 Å². The number of hydrogen-bond donors (Lipinski definition) is 0. The predicted molar refractivity (Wildman–Crippen MR) is 120 cm³/mol. The minimum atomic E-state index is -4.69. The molecule has 35 heavy (non-hydrogen) atoms. The van der Waals surface area contributed by atoms with Crippen molar-refractivity contribution in [3.63, 3.8) is 0 Å². The van der Waals surface area contributed by atoms with Gasteiger partial charge in [0, 0.05) is 6.54 Å². The monoisotopic (exact) mass is 489 g/mol. The summed E-state index contributed by atoms with van der Waals surface area (Å²) in [5.41, 5.74) is -0.672. The first-order chi connectivity index (χ1) is 16.7. The van der Waals surface area contributed by atoms with Gasteiger partial charge in [-0.05, 0) is 24.6 Å². The number of imidazole rings is 1. The van der Waals surface area contributed by atoms with E-state index >= 15 is 0 Å². The lowest BCUT2D eigenvalue weighted by Gasteiger charge is -2.23. The average molecular weight is 489 g/mol. The molecular formula is C23H22F3N5O4. The van der Waals surface area contributed by atoms with Crippen LogP contribution in [0.3, 0.4) is 0 Å². The van der Waals surface area contributed by atoms with Crippen LogP contribution in [0, 0.1) is 0 Å². The summed E-state index contributed by atoms with van der Waals surface area (Å²) < 4.78 is 48.1. The van der Waals surface area contributed by atoms with Crippen molar-refractivity contribution in [1.29, 1.82) is 0 Å². The molecule has 0 atom stereocenters. The van der Waals surface area contributed by atoms with Crippen molar-refractivity contribution in [3.05, 3.63) is 87.2 Å². The van der Waals surface area contributed by atoms with Crippen LogP contribution in [0.5, 0.6) is 0 Å². The first kappa shape index (κ1) is 24.0. The van der Waals surface area contributed by atoms with Gasteiger partial charge in [0.25, 0.3) is 5.56 Å². The number of hydrogen-bond acceptors (Lipinski definition) is 5. The molecule has 0 bridgehead atoms. The molecule has 12 heteroatoms. The summed E-state index contributed by atoms with van der Waals surface area (Å²) in [5, 5.41) is 0. The van der Waals surface area contributed by atoms with Gasteiger partial charge in [0.1, 0.15) is 18.8 Å². The van der Waals surface area contributed by atoms with E-state index in [2.05, 4.69) is 4.98 Å². The second-order valence-electron chi connectivity index (χ2n) is 7.89. The fraction of sp³-hybridized carbons (Fsp3) is 0.304. The SMILES string of the molecule is CCn1cnc2c1c(=O)n(CC(=O)N(Cc1ccco1)CC(F)(F)F)c(=O)n2Cc1ccccc1. The summed E-state index contributed by atoms with van der Waals surface area (Å²) in [5.74, 6) is -0.915. The molecule has 3 aromatic heterocycles. The third kappa shape index (κ3) is 5.20. The number of aromatic nitrogens is 4. The molecule has 3 heterocycles. The topological polar surface area (TPSA) is 95.3 Å². The zero-order valence-corrected chi connectivity index (χ0v) is 18.7. The number of carbonyl (C=O) groups excluding carboxylic acids is 1. The van der Waals surface area contributed by atoms with Crippen LogP contribution in [0.2, 0.25) is 0 Å². The highest BCUT2D eigenvalue weighted by molar-refractivity contribution is 5.77. The molecular weight excluding hydrogens is 467 g/mol. The zero-order chi connectivity index (χ0) is 25.2. The molecule has 9 nitrogen and oxygen atoms in total. The molecule has 184 valence electrons. The van der Waals surface area contributed by atoms with Crippen LogP contribution in [-0.4, -0.2) is 42.2 Å². The Balaban J connectivity index is 1.78. The quantitative estimate of drug-likeness (QED) is 0.379. The Morgan fingerprint density at radius 1 is 1.09 bits per heavy atom. The first-order valence-corrected chi connectivity index (χ1v) is 10.8. The maximum Gasteiger partial charge on any atom is 0.406 e. The van der Waals surface area contributed by atoms with E-state index in [9.17, 15) is 27.6 Å². The van der Waals surface area contributed by atoms with Gasteiger partial charge < -0.3 is 13.9 Å². The number of benzene rings is 1. The fourth-order valence-corrected chi connectivity index (χ4v) is 3.80. The number of carbonyl (C=O) groups is 1. The van der Waals surface area contributed by atoms with Crippen molar-refractivity contribution in [2.45, 2.75) is 39.3 Å². The van der Waals surface area contributed by atoms with Crippen molar-refractivity contribution in [2.75, 3.05) is 6.54 Å². The first-order valence-electron chi connectivity index (χ1n) is 10.8. The summed E-state index contributed by atoms with van der Waals surface area (Å²) in [6.45, 7) is -0.695. The highest BCUT2D eigenvalue weighted by atomic mass is 19.4. The summed E-state index contributed by atoms with van der Waals surface area (Å²) in [7, 11) is 0. The van der Waals surface area contributed by atoms with Crippen LogP contribution in [0.15, 0.2) is 69.1 Å². The third-order valence-electron chi connectivity index (χ3n) is 5.45. The lowest BCUT2D eigenvalue weighted by atomic mass is 10.2. The van der Waals surface area contributed by atoms with Crippen LogP contribution in [-0.2, 0) is 31.0 Å². The lowest BCUT2D eigenvalue weighted by molar-refractivity contribution is -0.163. The van der Waals surface area contributed by atoms with Crippen LogP contribution in [0.1, 0.15) is 18.2 Å². The van der Waals surface area contributed by atoms with E-state index in [1.807, 2.05) is 6.07 Å². The van der Waals surface area contributed by atoms with Gasteiger partial charge in [-0.2, -0.15) is 13.2 Å².